The number of amides is 2. The van der Waals surface area contributed by atoms with Crippen molar-refractivity contribution in [2.75, 3.05) is 23.1 Å². The Labute approximate surface area is 251 Å². The summed E-state index contributed by atoms with van der Waals surface area (Å²) in [6.45, 7) is 5.91. The number of unbranched alkanes of at least 4 members (excludes halogenated alkanes) is 11. The lowest BCUT2D eigenvalue weighted by atomic mass is 10.1. The van der Waals surface area contributed by atoms with Crippen molar-refractivity contribution in [3.63, 3.8) is 0 Å². The summed E-state index contributed by atoms with van der Waals surface area (Å²) in [5.74, 6) is 1.79. The van der Waals surface area contributed by atoms with Gasteiger partial charge in [-0.25, -0.2) is 4.79 Å². The first-order chi connectivity index (χ1) is 18.7. The Morgan fingerprint density at radius 2 is 1.46 bits per heavy atom. The highest BCUT2D eigenvalue weighted by atomic mass is 79.9. The summed E-state index contributed by atoms with van der Waals surface area (Å²) in [5.41, 5.74) is 3.93. The maximum absolute atomic E-state index is 12.6. The van der Waals surface area contributed by atoms with E-state index in [1.165, 1.54) is 76.3 Å². The molecule has 2 amide bonds. The summed E-state index contributed by atoms with van der Waals surface area (Å²) in [5, 5.41) is 8.11. The fraction of sp³-hybridized carbons (Fsp3) is 0.531. The van der Waals surface area contributed by atoms with Crippen LogP contribution in [0.4, 0.5) is 16.2 Å². The molecule has 0 aromatic heterocycles. The molecule has 2 N–H and O–H groups in total. The molecule has 0 saturated carbocycles. The average Bonchev–Trinajstić information content (AvgIpc) is 3.33. The van der Waals surface area contributed by atoms with E-state index in [2.05, 4.69) is 40.9 Å². The number of urea groups is 1. The van der Waals surface area contributed by atoms with Gasteiger partial charge in [0.05, 0.1) is 12.5 Å². The minimum atomic E-state index is -0.245. The van der Waals surface area contributed by atoms with Crippen LogP contribution in [0, 0.1) is 0 Å². The standard InChI is InChI=1S/C32H47N3O2S.BrH/c1-3-4-5-6-7-8-9-10-11-12-13-16-23-37-30-21-19-29(20-22-30)33-32(36)34-31-18-15-14-17-28(31)24-35-26-38-25-27(35)2;/h14-15,17-22,25H,3-13,16,23-24,26H2,1-2H3,(H2,33,34,36);1H. The first-order valence-electron chi connectivity index (χ1n) is 14.6. The van der Waals surface area contributed by atoms with Crippen molar-refractivity contribution < 1.29 is 9.53 Å². The van der Waals surface area contributed by atoms with E-state index in [0.29, 0.717) is 0 Å². The zero-order valence-corrected chi connectivity index (χ0v) is 26.4. The number of allylic oxidation sites excluding steroid dienone is 1. The summed E-state index contributed by atoms with van der Waals surface area (Å²) in [7, 11) is 0. The lowest BCUT2D eigenvalue weighted by molar-refractivity contribution is 0.262. The molecule has 0 aliphatic carbocycles. The van der Waals surface area contributed by atoms with Crippen LogP contribution >= 0.6 is 28.7 Å². The van der Waals surface area contributed by atoms with Crippen LogP contribution < -0.4 is 15.4 Å². The molecule has 0 saturated heterocycles. The van der Waals surface area contributed by atoms with Gasteiger partial charge in [0.2, 0.25) is 0 Å². The summed E-state index contributed by atoms with van der Waals surface area (Å²) in [6.07, 6.45) is 16.1. The van der Waals surface area contributed by atoms with Gasteiger partial charge in [-0.1, -0.05) is 95.8 Å². The van der Waals surface area contributed by atoms with Gasteiger partial charge in [0.25, 0.3) is 0 Å². The predicted octanol–water partition coefficient (Wildman–Crippen LogP) is 10.4. The Morgan fingerprint density at radius 3 is 2.08 bits per heavy atom. The van der Waals surface area contributed by atoms with Crippen molar-refractivity contribution >= 4 is 46.1 Å². The molecule has 0 atom stereocenters. The fourth-order valence-corrected chi connectivity index (χ4v) is 5.57. The molecular formula is C32H48BrN3O2S. The number of nitrogens with zero attached hydrogens (tertiary/aromatic N) is 1. The smallest absolute Gasteiger partial charge is 0.323 e. The van der Waals surface area contributed by atoms with E-state index < -0.39 is 0 Å². The number of carbonyl (C=O) groups excluding carboxylic acids is 1. The maximum Gasteiger partial charge on any atom is 0.323 e. The maximum atomic E-state index is 12.6. The highest BCUT2D eigenvalue weighted by Gasteiger charge is 2.14. The van der Waals surface area contributed by atoms with Crippen LogP contribution in [0.5, 0.6) is 5.75 Å². The quantitative estimate of drug-likeness (QED) is 0.163. The van der Waals surface area contributed by atoms with E-state index in [9.17, 15) is 4.79 Å². The lowest BCUT2D eigenvalue weighted by Gasteiger charge is -2.21. The molecule has 216 valence electrons. The number of rotatable bonds is 18. The van der Waals surface area contributed by atoms with Crippen LogP contribution in [0.15, 0.2) is 59.6 Å². The van der Waals surface area contributed by atoms with Crippen molar-refractivity contribution in [1.29, 1.82) is 0 Å². The number of para-hydroxylation sites is 1. The fourth-order valence-electron chi connectivity index (χ4n) is 4.63. The van der Waals surface area contributed by atoms with Crippen LogP contribution in [0.3, 0.4) is 0 Å². The summed E-state index contributed by atoms with van der Waals surface area (Å²) in [4.78, 5) is 15.0. The Kier molecular flexibility index (Phi) is 16.9. The minimum absolute atomic E-state index is 0. The second kappa shape index (κ2) is 19.9. The topological polar surface area (TPSA) is 53.6 Å². The molecule has 1 aliphatic rings. The van der Waals surface area contributed by atoms with Gasteiger partial charge in [-0.15, -0.1) is 28.7 Å². The van der Waals surface area contributed by atoms with Gasteiger partial charge in [0.15, 0.2) is 0 Å². The summed E-state index contributed by atoms with van der Waals surface area (Å²) >= 11 is 1.80. The summed E-state index contributed by atoms with van der Waals surface area (Å²) < 4.78 is 5.90. The molecule has 2 aromatic rings. The van der Waals surface area contributed by atoms with Crippen molar-refractivity contribution in [1.82, 2.24) is 4.90 Å². The molecule has 3 rings (SSSR count). The molecule has 1 aliphatic heterocycles. The minimum Gasteiger partial charge on any atom is -0.494 e. The Hall–Kier alpha value is -2.12. The van der Waals surface area contributed by atoms with E-state index in [1.54, 1.807) is 11.8 Å². The molecule has 2 aromatic carbocycles. The third kappa shape index (κ3) is 13.2. The molecule has 7 heteroatoms. The van der Waals surface area contributed by atoms with E-state index in [-0.39, 0.29) is 23.0 Å². The van der Waals surface area contributed by atoms with Gasteiger partial charge < -0.3 is 20.3 Å². The van der Waals surface area contributed by atoms with E-state index in [4.69, 9.17) is 4.74 Å². The zero-order chi connectivity index (χ0) is 26.8. The molecule has 0 unspecified atom stereocenters. The molecular weight excluding hydrogens is 570 g/mol. The number of ether oxygens (including phenoxy) is 1. The SMILES string of the molecule is Br.CCCCCCCCCCCCCCOc1ccc(NC(=O)Nc2ccccc2CN2CSC=C2C)cc1. The van der Waals surface area contributed by atoms with Crippen LogP contribution in [0.1, 0.15) is 96.5 Å². The van der Waals surface area contributed by atoms with Crippen molar-refractivity contribution in [2.45, 2.75) is 97.4 Å². The van der Waals surface area contributed by atoms with Crippen LogP contribution in [0.25, 0.3) is 0 Å². The van der Waals surface area contributed by atoms with Gasteiger partial charge >= 0.3 is 6.03 Å². The van der Waals surface area contributed by atoms with Gasteiger partial charge in [-0.3, -0.25) is 0 Å². The Balaban J connectivity index is 0.00000533. The second-order valence-corrected chi connectivity index (χ2v) is 11.1. The third-order valence-corrected chi connectivity index (χ3v) is 7.96. The second-order valence-electron chi connectivity index (χ2n) is 10.3. The van der Waals surface area contributed by atoms with Crippen molar-refractivity contribution in [2.24, 2.45) is 0 Å². The van der Waals surface area contributed by atoms with E-state index >= 15 is 0 Å². The first kappa shape index (κ1) is 33.1. The molecule has 0 bridgehead atoms. The van der Waals surface area contributed by atoms with Gasteiger partial charge in [0.1, 0.15) is 5.75 Å². The largest absolute Gasteiger partial charge is 0.494 e. The highest BCUT2D eigenvalue weighted by Crippen LogP contribution is 2.27. The average molecular weight is 619 g/mol. The van der Waals surface area contributed by atoms with Crippen LogP contribution in [0.2, 0.25) is 0 Å². The number of benzene rings is 2. The molecule has 39 heavy (non-hydrogen) atoms. The first-order valence-corrected chi connectivity index (χ1v) is 15.6. The summed E-state index contributed by atoms with van der Waals surface area (Å²) in [6, 6.07) is 15.3. The van der Waals surface area contributed by atoms with E-state index in [0.717, 1.165) is 48.1 Å². The highest BCUT2D eigenvalue weighted by molar-refractivity contribution is 8.93. The molecule has 0 fully saturated rings. The van der Waals surface area contributed by atoms with Gasteiger partial charge in [-0.05, 0) is 54.6 Å². The zero-order valence-electron chi connectivity index (χ0n) is 23.9. The molecule has 5 nitrogen and oxygen atoms in total. The van der Waals surface area contributed by atoms with E-state index in [1.807, 2.05) is 42.5 Å². The number of halogens is 1. The number of thioether (sulfide) groups is 1. The normalized spacial score (nSPS) is 12.6. The van der Waals surface area contributed by atoms with Crippen molar-refractivity contribution in [3.05, 3.63) is 65.2 Å². The van der Waals surface area contributed by atoms with Crippen LogP contribution in [-0.4, -0.2) is 23.4 Å². The Bertz CT molecular complexity index is 984. The molecule has 0 spiro atoms. The van der Waals surface area contributed by atoms with Gasteiger partial charge in [-0.2, -0.15) is 0 Å². The molecule has 0 radical (unpaired) electrons. The Morgan fingerprint density at radius 1 is 0.846 bits per heavy atom. The number of carbonyl (C=O) groups is 1. The van der Waals surface area contributed by atoms with Gasteiger partial charge in [0, 0.05) is 23.6 Å². The third-order valence-electron chi connectivity index (χ3n) is 6.99. The number of anilines is 2. The van der Waals surface area contributed by atoms with Crippen molar-refractivity contribution in [3.8, 4) is 5.75 Å². The van der Waals surface area contributed by atoms with Crippen LogP contribution in [-0.2, 0) is 6.54 Å². The number of hydrogen-bond acceptors (Lipinski definition) is 4. The molecule has 1 heterocycles. The number of nitrogens with one attached hydrogen (secondary N) is 2. The number of hydrogen-bond donors (Lipinski definition) is 2. The monoisotopic (exact) mass is 617 g/mol. The lowest BCUT2D eigenvalue weighted by Crippen LogP contribution is -2.22. The predicted molar refractivity (Wildman–Crippen MR) is 174 cm³/mol.